The standard InChI is InChI=1S/C87H146N26O36/c1-37(2)27-50(102-74(135)54(32-115)104-71(132)52(29-45-19-21-46(125)22-20-45)103-80(141)63(42(8)122)109-69(130)48(16-12-24-93-86(90)148)99-79(140)62(41(7)121)110-76(137)57(35-118)107-82(143)65(44(10)124)112-78(139)61(88)40(6)120)67(128)95-30-60(126)97-53(31-114)72(133)96-39(5)66(127)101-51(28-38(3)4)70(131)100-49(17-13-25-94-87(91)149)83(144)113-26-14-18-59(113)77(138)105-56(34-117)75(136)111-64(43(9)123)81(142)106-55(33-116)73(134)98-47(15-11-23-92-85(89)147)68(129)108-58(36-119)84(145)146/h19-22,37-44,47-59,61-65,114-125H,11-18,23-36,88H2,1-10H3,(H,95,128)(H,96,133)(H,97,126)(H,98,134)(H,99,140)(H,100,131)(H,101,127)(H,102,135)(H,103,141)(H,104,132)(H,105,138)(H,106,142)(H,107,143)(H,108,129)(H,109,130)(H,110,137)(H,111,136)(H,112,139)(H,145,146)(H3,89,92,147)(H3,90,93,148)(H3,91,94,149)/t39-,40+,41+,42+,43+,44+,47-,48-,49-,50-,51-,52-,53-,54-,55-,56-,57-,58-,59-,61-,62-,63-,64-,65-/m0/s1. The van der Waals surface area contributed by atoms with Crippen LogP contribution in [-0.4, -0.2) is 425 Å². The van der Waals surface area contributed by atoms with E-state index in [9.17, 15) is 177 Å². The number of rotatable bonds is 67. The number of phenols is 1. The van der Waals surface area contributed by atoms with Crippen molar-refractivity contribution in [3.63, 3.8) is 0 Å². The molecule has 42 N–H and O–H groups in total. The Bertz CT molecular complexity index is 4690. The summed E-state index contributed by atoms with van der Waals surface area (Å²) in [5.41, 5.74) is 21.4. The molecule has 24 atom stereocenters. The van der Waals surface area contributed by atoms with Gasteiger partial charge in [0, 0.05) is 32.6 Å². The number of aliphatic hydroxyl groups is 11. The Balaban J connectivity index is 2.36. The summed E-state index contributed by atoms with van der Waals surface area (Å²) >= 11 is 0. The highest BCUT2D eigenvalue weighted by atomic mass is 16.4. The van der Waals surface area contributed by atoms with Crippen molar-refractivity contribution >= 4 is 136 Å². The molecule has 2 rings (SSSR count). The largest absolute Gasteiger partial charge is 0.508 e. The average Bonchev–Trinajstić information content (AvgIpc) is 1.71. The number of nitrogens with zero attached hydrogens (tertiary/aromatic N) is 1. The fourth-order valence-electron chi connectivity index (χ4n) is 14.2. The molecule has 1 aromatic rings. The number of carbonyl (C=O) groups is 23. The first kappa shape index (κ1) is 131. The second kappa shape index (κ2) is 66.2. The third-order valence-corrected chi connectivity index (χ3v) is 22.5. The number of amides is 25. The van der Waals surface area contributed by atoms with Gasteiger partial charge < -0.3 is 206 Å². The summed E-state index contributed by atoms with van der Waals surface area (Å²) in [5.74, 6) is -25.8. The Morgan fingerprint density at radius 3 is 1.03 bits per heavy atom. The zero-order chi connectivity index (χ0) is 113. The number of nitrogens with one attached hydrogen (secondary N) is 21. The quantitative estimate of drug-likeness (QED) is 0.0269. The SMILES string of the molecule is CC(C)C[C@H](NC(=O)[C@H](C)NC(=O)[C@H](CO)NC(=O)CNC(=O)[C@H](CC(C)C)NC(=O)[C@H](CO)NC(=O)[C@H](Cc1ccc(O)cc1)NC(=O)[C@@H](NC(=O)[C@H](CCCNC(N)=O)NC(=O)[C@@H](NC(=O)[C@H](CO)NC(=O)[C@@H](NC(=O)[C@@H](N)[C@@H](C)O)[C@@H](C)O)[C@@H](C)O)[C@@H](C)O)C(=O)N[C@@H](CCCNC(N)=O)C(=O)N1CCC[C@H]1C(=O)N[C@@H](CO)C(=O)N[C@H](C(=O)N[C@@H](CO)C(=O)N[C@@H](CCCNC(N)=O)C(=O)N[C@@H](CO)C(=O)O)[C@@H](C)O. The summed E-state index contributed by atoms with van der Waals surface area (Å²) in [6, 6.07) is -32.3. The van der Waals surface area contributed by atoms with Crippen molar-refractivity contribution in [3.8, 4) is 5.75 Å². The van der Waals surface area contributed by atoms with Crippen molar-refractivity contribution in [2.75, 3.05) is 72.4 Å². The molecule has 840 valence electrons. The maximum atomic E-state index is 14.7. The van der Waals surface area contributed by atoms with Crippen LogP contribution in [-0.2, 0) is 102 Å². The van der Waals surface area contributed by atoms with Crippen LogP contribution in [0.2, 0.25) is 0 Å². The third kappa shape index (κ3) is 46.4. The Hall–Kier alpha value is -14.2. The number of nitrogens with two attached hydrogens (primary N) is 4. The Labute approximate surface area is 854 Å². The topological polar surface area (TPSA) is 1020 Å². The van der Waals surface area contributed by atoms with E-state index < -0.39 is 352 Å². The summed E-state index contributed by atoms with van der Waals surface area (Å²) in [7, 11) is 0. The maximum absolute atomic E-state index is 14.7. The van der Waals surface area contributed by atoms with E-state index in [2.05, 4.69) is 106 Å². The predicted octanol–water partition coefficient (Wildman–Crippen LogP) is -18.0. The minimum absolute atomic E-state index is 0.0720. The number of benzene rings is 1. The molecular formula is C87H146N26O36. The minimum atomic E-state index is -2.08. The average molecular weight is 2130 g/mol. The van der Waals surface area contributed by atoms with Gasteiger partial charge in [0.05, 0.1) is 76.7 Å². The number of urea groups is 3. The number of aromatic hydroxyl groups is 1. The van der Waals surface area contributed by atoms with Gasteiger partial charge in [-0.05, 0) is 135 Å². The number of aliphatic hydroxyl groups excluding tert-OH is 11. The molecule has 0 bridgehead atoms. The summed E-state index contributed by atoms with van der Waals surface area (Å²) in [4.78, 5) is 310. The van der Waals surface area contributed by atoms with Crippen molar-refractivity contribution < 1.29 is 177 Å². The predicted molar refractivity (Wildman–Crippen MR) is 514 cm³/mol. The van der Waals surface area contributed by atoms with E-state index in [1.165, 1.54) is 24.3 Å². The van der Waals surface area contributed by atoms with E-state index in [-0.39, 0.29) is 95.3 Å². The van der Waals surface area contributed by atoms with E-state index in [1.54, 1.807) is 27.7 Å². The van der Waals surface area contributed by atoms with Gasteiger partial charge in [-0.3, -0.25) is 91.1 Å². The van der Waals surface area contributed by atoms with Crippen molar-refractivity contribution in [1.82, 2.24) is 117 Å². The second-order valence-electron chi connectivity index (χ2n) is 36.0. The lowest BCUT2D eigenvalue weighted by molar-refractivity contribution is -0.143. The van der Waals surface area contributed by atoms with Gasteiger partial charge in [-0.2, -0.15) is 0 Å². The van der Waals surface area contributed by atoms with Gasteiger partial charge in [-0.25, -0.2) is 19.2 Å². The van der Waals surface area contributed by atoms with Crippen molar-refractivity contribution in [1.29, 1.82) is 0 Å². The highest BCUT2D eigenvalue weighted by Crippen LogP contribution is 2.22. The second-order valence-corrected chi connectivity index (χ2v) is 36.0. The van der Waals surface area contributed by atoms with Crippen LogP contribution < -0.4 is 135 Å². The lowest BCUT2D eigenvalue weighted by Crippen LogP contribution is -2.64. The monoisotopic (exact) mass is 2130 g/mol. The molecule has 1 aliphatic rings. The number of hydrogen-bond donors (Lipinski definition) is 38. The zero-order valence-electron chi connectivity index (χ0n) is 83.8. The van der Waals surface area contributed by atoms with Gasteiger partial charge in [0.1, 0.15) is 121 Å². The van der Waals surface area contributed by atoms with Crippen LogP contribution in [0.4, 0.5) is 14.4 Å². The van der Waals surface area contributed by atoms with E-state index in [4.69, 9.17) is 22.9 Å². The molecule has 0 aliphatic carbocycles. The van der Waals surface area contributed by atoms with E-state index >= 15 is 0 Å². The lowest BCUT2D eigenvalue weighted by Gasteiger charge is -2.31. The number of likely N-dealkylation sites (tertiary alicyclic amines) is 1. The van der Waals surface area contributed by atoms with Crippen molar-refractivity contribution in [2.45, 2.75) is 285 Å². The first-order chi connectivity index (χ1) is 69.8. The maximum Gasteiger partial charge on any atom is 0.328 e. The molecule has 62 nitrogen and oxygen atoms in total. The van der Waals surface area contributed by atoms with Crippen molar-refractivity contribution in [2.24, 2.45) is 34.8 Å². The van der Waals surface area contributed by atoms with E-state index in [1.807, 2.05) is 5.32 Å². The first-order valence-electron chi connectivity index (χ1n) is 47.5. The van der Waals surface area contributed by atoms with Gasteiger partial charge in [0.2, 0.25) is 112 Å². The van der Waals surface area contributed by atoms with Crippen LogP contribution in [0, 0.1) is 11.8 Å². The number of carboxylic acids is 1. The molecule has 1 fully saturated rings. The van der Waals surface area contributed by atoms with Gasteiger partial charge >= 0.3 is 24.1 Å². The molecule has 0 aromatic heterocycles. The van der Waals surface area contributed by atoms with Gasteiger partial charge in [-0.15, -0.1) is 0 Å². The van der Waals surface area contributed by atoms with Crippen LogP contribution in [0.1, 0.15) is 139 Å². The molecule has 1 saturated heterocycles. The van der Waals surface area contributed by atoms with Crippen LogP contribution in [0.3, 0.4) is 0 Å². The Morgan fingerprint density at radius 2 is 0.638 bits per heavy atom. The van der Waals surface area contributed by atoms with Crippen LogP contribution in [0.25, 0.3) is 0 Å². The van der Waals surface area contributed by atoms with Gasteiger partial charge in [-0.1, -0.05) is 39.8 Å². The summed E-state index contributed by atoms with van der Waals surface area (Å²) in [6.07, 6.45) is -11.0. The van der Waals surface area contributed by atoms with Crippen LogP contribution in [0.5, 0.6) is 5.75 Å². The minimum Gasteiger partial charge on any atom is -0.508 e. The summed E-state index contributed by atoms with van der Waals surface area (Å²) in [5, 5.41) is 180. The smallest absolute Gasteiger partial charge is 0.328 e. The van der Waals surface area contributed by atoms with Crippen LogP contribution in [0.15, 0.2) is 24.3 Å². The fraction of sp³-hybridized carbons (Fsp3) is 0.667. The first-order valence-corrected chi connectivity index (χ1v) is 47.5. The number of carbonyl (C=O) groups excluding carboxylic acids is 22. The molecule has 1 aliphatic heterocycles. The molecule has 25 amide bonds. The number of aliphatic carboxylic acids is 1. The number of carboxylic acid groups (broad SMARTS) is 1. The summed E-state index contributed by atoms with van der Waals surface area (Å²) < 4.78 is 0. The highest BCUT2D eigenvalue weighted by Gasteiger charge is 2.44. The van der Waals surface area contributed by atoms with E-state index in [0.717, 1.165) is 46.4 Å². The molecule has 62 heteroatoms. The molecular weight excluding hydrogens is 1990 g/mol. The third-order valence-electron chi connectivity index (χ3n) is 22.5. The zero-order valence-corrected chi connectivity index (χ0v) is 83.8. The molecule has 0 radical (unpaired) electrons. The summed E-state index contributed by atoms with van der Waals surface area (Å²) in [6.45, 7) is 4.03. The molecule has 0 unspecified atom stereocenters. The van der Waals surface area contributed by atoms with Gasteiger partial charge in [0.15, 0.2) is 0 Å². The molecule has 0 saturated carbocycles. The molecule has 1 heterocycles. The van der Waals surface area contributed by atoms with Gasteiger partial charge in [0.25, 0.3) is 0 Å². The molecule has 0 spiro atoms. The fourth-order valence-corrected chi connectivity index (χ4v) is 14.2. The molecule has 149 heavy (non-hydrogen) atoms. The number of phenolic OH excluding ortho intramolecular Hbond substituents is 1. The van der Waals surface area contributed by atoms with Crippen molar-refractivity contribution in [3.05, 3.63) is 29.8 Å². The number of primary amides is 3. The normalized spacial score (nSPS) is 16.9. The Morgan fingerprint density at radius 1 is 0.336 bits per heavy atom. The molecule has 1 aromatic carbocycles. The lowest BCUT2D eigenvalue weighted by atomic mass is 10.0. The van der Waals surface area contributed by atoms with E-state index in [0.29, 0.717) is 0 Å². The van der Waals surface area contributed by atoms with Crippen LogP contribution >= 0.6 is 0 Å². The highest BCUT2D eigenvalue weighted by molar-refractivity contribution is 6.02. The number of hydrogen-bond acceptors (Lipinski definition) is 36. The Kier molecular flexibility index (Phi) is 58.1.